The largest absolute Gasteiger partial charge is 0.465 e. The lowest BCUT2D eigenvalue weighted by Gasteiger charge is -2.46. The van der Waals surface area contributed by atoms with Crippen LogP contribution < -0.4 is 0 Å². The van der Waals surface area contributed by atoms with E-state index in [1.54, 1.807) is 0 Å². The Morgan fingerprint density at radius 3 is 2.59 bits per heavy atom. The fraction of sp³-hybridized carbons (Fsp3) is 0.941. The molecule has 1 N–H and O–H groups in total. The van der Waals surface area contributed by atoms with Crippen LogP contribution in [0.15, 0.2) is 0 Å². The first-order chi connectivity index (χ1) is 10.3. The zero-order valence-corrected chi connectivity index (χ0v) is 14.3. The van der Waals surface area contributed by atoms with Gasteiger partial charge in [-0.15, -0.1) is 0 Å². The first kappa shape index (κ1) is 17.7. The number of aliphatic hydroxyl groups is 1. The molecule has 5 heteroatoms. The van der Waals surface area contributed by atoms with Gasteiger partial charge < -0.3 is 19.3 Å². The fourth-order valence-corrected chi connectivity index (χ4v) is 3.12. The topological polar surface area (TPSA) is 65.0 Å². The molecule has 1 aliphatic carbocycles. The second-order valence-corrected chi connectivity index (χ2v) is 7.60. The highest BCUT2D eigenvalue weighted by atomic mass is 16.7. The predicted octanol–water partition coefficient (Wildman–Crippen LogP) is 2.51. The third-order valence-electron chi connectivity index (χ3n) is 5.32. The maximum atomic E-state index is 12.1. The molecular formula is C17H30O5. The highest BCUT2D eigenvalue weighted by Crippen LogP contribution is 2.42. The average Bonchev–Trinajstić information content (AvgIpc) is 2.51. The summed E-state index contributed by atoms with van der Waals surface area (Å²) in [6, 6.07) is 0. The molecule has 1 spiro atoms. The summed E-state index contributed by atoms with van der Waals surface area (Å²) < 4.78 is 16.8. The minimum atomic E-state index is -0.468. The molecule has 1 aliphatic heterocycles. The van der Waals surface area contributed by atoms with Crippen molar-refractivity contribution in [2.75, 3.05) is 19.8 Å². The van der Waals surface area contributed by atoms with E-state index in [0.29, 0.717) is 19.6 Å². The highest BCUT2D eigenvalue weighted by molar-refractivity contribution is 5.75. The van der Waals surface area contributed by atoms with Crippen LogP contribution in [-0.2, 0) is 19.0 Å². The van der Waals surface area contributed by atoms with E-state index >= 15 is 0 Å². The van der Waals surface area contributed by atoms with Crippen molar-refractivity contribution in [2.24, 2.45) is 16.7 Å². The number of hydrogen-bond donors (Lipinski definition) is 1. The number of rotatable bonds is 4. The van der Waals surface area contributed by atoms with E-state index in [2.05, 4.69) is 0 Å². The Hall–Kier alpha value is -0.650. The van der Waals surface area contributed by atoms with Gasteiger partial charge in [0.25, 0.3) is 0 Å². The summed E-state index contributed by atoms with van der Waals surface area (Å²) in [5.41, 5.74) is -0.507. The zero-order chi connectivity index (χ0) is 16.4. The molecule has 0 amide bonds. The van der Waals surface area contributed by atoms with Gasteiger partial charge in [-0.1, -0.05) is 6.92 Å². The van der Waals surface area contributed by atoms with E-state index in [1.165, 1.54) is 0 Å². The number of carbonyl (C=O) groups is 1. The van der Waals surface area contributed by atoms with Gasteiger partial charge in [0.05, 0.1) is 31.3 Å². The molecule has 2 atom stereocenters. The molecule has 2 rings (SSSR count). The summed E-state index contributed by atoms with van der Waals surface area (Å²) in [7, 11) is 0. The van der Waals surface area contributed by atoms with Crippen molar-refractivity contribution in [3.05, 3.63) is 0 Å². The normalized spacial score (nSPS) is 36.3. The van der Waals surface area contributed by atoms with Crippen LogP contribution in [0, 0.1) is 16.7 Å². The first-order valence-corrected chi connectivity index (χ1v) is 8.36. The monoisotopic (exact) mass is 314 g/mol. The Labute approximate surface area is 133 Å². The number of ether oxygens (including phenoxy) is 3. The second-order valence-electron chi connectivity index (χ2n) is 7.60. The summed E-state index contributed by atoms with van der Waals surface area (Å²) in [5, 5.41) is 10.2. The van der Waals surface area contributed by atoms with Crippen molar-refractivity contribution in [1.82, 2.24) is 0 Å². The summed E-state index contributed by atoms with van der Waals surface area (Å²) in [6.07, 6.45) is 2.55. The lowest BCUT2D eigenvalue weighted by atomic mass is 9.69. The zero-order valence-electron chi connectivity index (χ0n) is 14.3. The van der Waals surface area contributed by atoms with Crippen LogP contribution in [0.3, 0.4) is 0 Å². The molecule has 2 unspecified atom stereocenters. The minimum absolute atomic E-state index is 0.0361. The van der Waals surface area contributed by atoms with Gasteiger partial charge >= 0.3 is 5.97 Å². The van der Waals surface area contributed by atoms with Gasteiger partial charge in [0, 0.05) is 11.3 Å². The minimum Gasteiger partial charge on any atom is -0.465 e. The molecular weight excluding hydrogens is 284 g/mol. The summed E-state index contributed by atoms with van der Waals surface area (Å²) >= 11 is 0. The molecule has 5 nitrogen and oxygen atoms in total. The lowest BCUT2D eigenvalue weighted by Crippen LogP contribution is -2.48. The van der Waals surface area contributed by atoms with Crippen LogP contribution in [-0.4, -0.2) is 43.3 Å². The van der Waals surface area contributed by atoms with Crippen LogP contribution in [0.1, 0.15) is 53.4 Å². The maximum absolute atomic E-state index is 12.1. The van der Waals surface area contributed by atoms with Gasteiger partial charge in [0.15, 0.2) is 6.29 Å². The van der Waals surface area contributed by atoms with Gasteiger partial charge in [-0.2, -0.15) is 0 Å². The molecule has 0 aromatic rings. The van der Waals surface area contributed by atoms with Gasteiger partial charge in [-0.3, -0.25) is 4.79 Å². The van der Waals surface area contributed by atoms with E-state index in [9.17, 15) is 9.90 Å². The van der Waals surface area contributed by atoms with Gasteiger partial charge in [-0.05, 0) is 46.5 Å². The Bertz CT molecular complexity index is 379. The molecule has 0 radical (unpaired) electrons. The van der Waals surface area contributed by atoms with E-state index in [-0.39, 0.29) is 30.2 Å². The Balaban J connectivity index is 1.91. The van der Waals surface area contributed by atoms with Crippen molar-refractivity contribution in [3.63, 3.8) is 0 Å². The molecule has 22 heavy (non-hydrogen) atoms. The molecule has 0 aromatic carbocycles. The van der Waals surface area contributed by atoms with Crippen LogP contribution in [0.5, 0.6) is 0 Å². The smallest absolute Gasteiger partial charge is 0.311 e. The van der Waals surface area contributed by atoms with Crippen LogP contribution in [0.4, 0.5) is 0 Å². The molecule has 1 saturated heterocycles. The van der Waals surface area contributed by atoms with Crippen LogP contribution in [0.2, 0.25) is 0 Å². The van der Waals surface area contributed by atoms with Crippen molar-refractivity contribution < 1.29 is 24.1 Å². The van der Waals surface area contributed by atoms with Crippen LogP contribution in [0.25, 0.3) is 0 Å². The average molecular weight is 314 g/mol. The third-order valence-corrected chi connectivity index (χ3v) is 5.32. The van der Waals surface area contributed by atoms with Gasteiger partial charge in [0.1, 0.15) is 0 Å². The highest BCUT2D eigenvalue weighted by Gasteiger charge is 2.44. The third kappa shape index (κ3) is 4.00. The fourth-order valence-electron chi connectivity index (χ4n) is 3.12. The van der Waals surface area contributed by atoms with Crippen molar-refractivity contribution in [2.45, 2.75) is 65.8 Å². The Morgan fingerprint density at radius 1 is 1.36 bits per heavy atom. The molecule has 0 bridgehead atoms. The summed E-state index contributed by atoms with van der Waals surface area (Å²) in [6.45, 7) is 9.25. The van der Waals surface area contributed by atoms with Crippen molar-refractivity contribution in [1.29, 1.82) is 0 Å². The molecule has 0 aromatic heterocycles. The number of hydrogen-bond acceptors (Lipinski definition) is 5. The Kier molecular flexibility index (Phi) is 5.51. The quantitative estimate of drug-likeness (QED) is 0.808. The summed E-state index contributed by atoms with van der Waals surface area (Å²) in [5.74, 6) is -0.224. The second kappa shape index (κ2) is 6.85. The SMILES string of the molecule is CCC(C)(C)C(=O)OCC1CC2(CCC1O)COC(C)OC2. The standard InChI is InChI=1S/C17H30O5/c1-5-16(3,4)15(19)20-9-13-8-17(7-6-14(13)18)10-21-12(2)22-11-17/h12-14,18H,5-11H2,1-4H3. The number of esters is 1. The number of carbonyl (C=O) groups excluding carboxylic acids is 1. The Morgan fingerprint density at radius 2 is 2.00 bits per heavy atom. The van der Waals surface area contributed by atoms with Crippen molar-refractivity contribution >= 4 is 5.97 Å². The summed E-state index contributed by atoms with van der Waals surface area (Å²) in [4.78, 5) is 12.1. The molecule has 2 aliphatic rings. The molecule has 2 fully saturated rings. The van der Waals surface area contributed by atoms with Crippen molar-refractivity contribution in [3.8, 4) is 0 Å². The van der Waals surface area contributed by atoms with E-state index < -0.39 is 11.5 Å². The lowest BCUT2D eigenvalue weighted by molar-refractivity contribution is -0.236. The van der Waals surface area contributed by atoms with E-state index in [1.807, 2.05) is 27.7 Å². The van der Waals surface area contributed by atoms with Crippen LogP contribution >= 0.6 is 0 Å². The molecule has 1 saturated carbocycles. The first-order valence-electron chi connectivity index (χ1n) is 8.36. The maximum Gasteiger partial charge on any atom is 0.311 e. The van der Waals surface area contributed by atoms with E-state index in [4.69, 9.17) is 14.2 Å². The van der Waals surface area contributed by atoms with E-state index in [0.717, 1.165) is 19.3 Å². The van der Waals surface area contributed by atoms with Gasteiger partial charge in [0.2, 0.25) is 0 Å². The van der Waals surface area contributed by atoms with Gasteiger partial charge in [-0.25, -0.2) is 0 Å². The molecule has 1 heterocycles. The molecule has 128 valence electrons. The number of aliphatic hydroxyl groups excluding tert-OH is 1. The predicted molar refractivity (Wildman–Crippen MR) is 82.2 cm³/mol.